The van der Waals surface area contributed by atoms with Gasteiger partial charge in [-0.1, -0.05) is 27.7 Å². The van der Waals surface area contributed by atoms with Crippen molar-refractivity contribution < 1.29 is 43.0 Å². The van der Waals surface area contributed by atoms with Gasteiger partial charge >= 0.3 is 7.60 Å². The third-order valence-electron chi connectivity index (χ3n) is 5.95. The second-order valence-corrected chi connectivity index (χ2v) is 10.5. The van der Waals surface area contributed by atoms with Crippen LogP contribution in [-0.4, -0.2) is 127 Å². The van der Waals surface area contributed by atoms with Gasteiger partial charge in [-0.05, 0) is 13.8 Å². The van der Waals surface area contributed by atoms with Crippen LogP contribution in [0.25, 0.3) is 0 Å². The first-order valence-electron chi connectivity index (χ1n) is 11.7. The summed E-state index contributed by atoms with van der Waals surface area (Å²) in [6.07, 6.45) is 0. The molecule has 0 saturated heterocycles. The normalized spacial score (nSPS) is 12.7. The Bertz CT molecular complexity index is 421. The van der Waals surface area contributed by atoms with Crippen molar-refractivity contribution in [2.45, 2.75) is 47.2 Å². The van der Waals surface area contributed by atoms with Crippen LogP contribution >= 0.6 is 7.60 Å². The van der Waals surface area contributed by atoms with Gasteiger partial charge in [-0.15, -0.1) is 0 Å². The molecule has 0 aliphatic rings. The minimum absolute atomic E-state index is 0.0128. The van der Waals surface area contributed by atoms with Crippen LogP contribution in [0.3, 0.4) is 0 Å². The third-order valence-corrected chi connectivity index (χ3v) is 8.30. The van der Waals surface area contributed by atoms with E-state index in [9.17, 15) is 25.0 Å². The van der Waals surface area contributed by atoms with E-state index in [4.69, 9.17) is 9.05 Å². The Morgan fingerprint density at radius 1 is 0.677 bits per heavy atom. The molecule has 0 unspecified atom stereocenters. The van der Waals surface area contributed by atoms with E-state index in [0.29, 0.717) is 48.2 Å². The Kier molecular flexibility index (Phi) is 19.6. The molecule has 4 N–H and O–H groups in total. The summed E-state index contributed by atoms with van der Waals surface area (Å²) in [6.45, 7) is 16.6. The molecule has 0 bridgehead atoms. The van der Waals surface area contributed by atoms with Crippen LogP contribution in [-0.2, 0) is 13.6 Å². The zero-order valence-corrected chi connectivity index (χ0v) is 21.7. The second kappa shape index (κ2) is 18.3. The smallest absolute Gasteiger partial charge is 0.333 e. The molecule has 0 aromatic heterocycles. The number of rotatable bonds is 19. The van der Waals surface area contributed by atoms with Gasteiger partial charge in [0.1, 0.15) is 52.5 Å². The van der Waals surface area contributed by atoms with Crippen molar-refractivity contribution in [3.05, 3.63) is 0 Å². The van der Waals surface area contributed by atoms with Gasteiger partial charge in [-0.3, -0.25) is 4.57 Å². The van der Waals surface area contributed by atoms with E-state index in [1.54, 1.807) is 13.8 Å². The minimum atomic E-state index is -3.33. The first-order valence-corrected chi connectivity index (χ1v) is 13.4. The Morgan fingerprint density at radius 3 is 1.16 bits per heavy atom. The van der Waals surface area contributed by atoms with Gasteiger partial charge in [-0.25, -0.2) is 0 Å². The van der Waals surface area contributed by atoms with Crippen LogP contribution in [0.1, 0.15) is 41.5 Å². The first kappa shape index (κ1) is 33.1. The van der Waals surface area contributed by atoms with E-state index in [0.717, 1.165) is 13.1 Å². The monoisotopic (exact) mass is 474 g/mol. The fourth-order valence-corrected chi connectivity index (χ4v) is 4.87. The molecule has 0 aliphatic heterocycles. The van der Waals surface area contributed by atoms with Crippen LogP contribution in [0, 0.1) is 0 Å². The van der Waals surface area contributed by atoms with Crippen molar-refractivity contribution in [3.8, 4) is 0 Å². The molecule has 0 amide bonds. The number of quaternary nitrogens is 2. The summed E-state index contributed by atoms with van der Waals surface area (Å²) in [7, 11) is -3.33. The average Bonchev–Trinajstić information content (AvgIpc) is 2.75. The zero-order chi connectivity index (χ0) is 24.4. The molecule has 0 rings (SSSR count). The molecule has 9 nitrogen and oxygen atoms in total. The molecule has 0 atom stereocenters. The van der Waals surface area contributed by atoms with Gasteiger partial charge in [0.25, 0.3) is 0 Å². The molecule has 0 heterocycles. The van der Waals surface area contributed by atoms with Gasteiger partial charge in [-0.2, -0.15) is 0 Å². The van der Waals surface area contributed by atoms with Crippen LogP contribution < -0.4 is 0 Å². The van der Waals surface area contributed by atoms with Crippen molar-refractivity contribution in [2.24, 2.45) is 0 Å². The molecule has 0 aromatic carbocycles. The number of nitrogens with zero attached hydrogens (tertiary/aromatic N) is 2. The summed E-state index contributed by atoms with van der Waals surface area (Å²) in [4.78, 5) is 0. The Morgan fingerprint density at radius 2 is 0.968 bits per heavy atom. The third kappa shape index (κ3) is 12.1. The SMILES string of the molecule is CC.CC[N+](CCO)(CCO)CCOP(=O)(OCC[N+](CC)(CCO)CCO)C(C)C. The lowest BCUT2D eigenvalue weighted by Gasteiger charge is -2.38. The Labute approximate surface area is 190 Å². The molecule has 0 aromatic rings. The van der Waals surface area contributed by atoms with E-state index in [-0.39, 0.29) is 45.3 Å². The highest BCUT2D eigenvalue weighted by Crippen LogP contribution is 2.52. The topological polar surface area (TPSA) is 116 Å². The molecular formula is C21H51N2O7P+2. The summed E-state index contributed by atoms with van der Waals surface area (Å²) in [5.41, 5.74) is -0.305. The van der Waals surface area contributed by atoms with Gasteiger partial charge in [0.15, 0.2) is 0 Å². The van der Waals surface area contributed by atoms with Crippen LogP contribution in [0.4, 0.5) is 0 Å². The largest absolute Gasteiger partial charge is 0.391 e. The minimum Gasteiger partial charge on any atom is -0.391 e. The Hall–Kier alpha value is -0.0900. The average molecular weight is 475 g/mol. The van der Waals surface area contributed by atoms with E-state index in [1.807, 2.05) is 27.7 Å². The lowest BCUT2D eigenvalue weighted by Crippen LogP contribution is -2.53. The summed E-state index contributed by atoms with van der Waals surface area (Å²) < 4.78 is 25.7. The van der Waals surface area contributed by atoms with Crippen LogP contribution in [0.5, 0.6) is 0 Å². The summed E-state index contributed by atoms with van der Waals surface area (Å²) >= 11 is 0. The second-order valence-electron chi connectivity index (χ2n) is 7.85. The highest BCUT2D eigenvalue weighted by Gasteiger charge is 2.33. The number of aliphatic hydroxyl groups is 4. The van der Waals surface area contributed by atoms with Crippen molar-refractivity contribution in [1.29, 1.82) is 0 Å². The predicted octanol–water partition coefficient (Wildman–Crippen LogP) is 1.29. The highest BCUT2D eigenvalue weighted by molar-refractivity contribution is 7.54. The predicted molar refractivity (Wildman–Crippen MR) is 125 cm³/mol. The van der Waals surface area contributed by atoms with Gasteiger partial charge in [0, 0.05) is 0 Å². The molecule has 0 fully saturated rings. The number of aliphatic hydroxyl groups excluding tert-OH is 4. The number of likely N-dealkylation sites (N-methyl/N-ethyl adjacent to an activating group) is 2. The van der Waals surface area contributed by atoms with Gasteiger partial charge < -0.3 is 38.4 Å². The lowest BCUT2D eigenvalue weighted by atomic mass is 10.3. The highest BCUT2D eigenvalue weighted by atomic mass is 31.2. The lowest BCUT2D eigenvalue weighted by molar-refractivity contribution is -0.927. The molecule has 0 spiro atoms. The quantitative estimate of drug-likeness (QED) is 0.165. The van der Waals surface area contributed by atoms with Crippen LogP contribution in [0.15, 0.2) is 0 Å². The van der Waals surface area contributed by atoms with Gasteiger partial charge in [0.05, 0.1) is 45.2 Å². The maximum absolute atomic E-state index is 13.2. The van der Waals surface area contributed by atoms with Crippen molar-refractivity contribution >= 4 is 7.60 Å². The van der Waals surface area contributed by atoms with Crippen molar-refractivity contribution in [1.82, 2.24) is 0 Å². The number of hydrogen-bond donors (Lipinski definition) is 4. The summed E-state index contributed by atoms with van der Waals surface area (Å²) in [5, 5.41) is 37.4. The maximum Gasteiger partial charge on any atom is 0.333 e. The van der Waals surface area contributed by atoms with Gasteiger partial charge in [0.2, 0.25) is 0 Å². The molecule has 0 saturated carbocycles. The summed E-state index contributed by atoms with van der Waals surface area (Å²) in [6, 6.07) is 0. The number of hydrogen-bond acceptors (Lipinski definition) is 7. The standard InChI is InChI=1S/C19H45N2O7P.C2H6/c1-5-20(7-13-22,8-14-23)11-17-27-29(26,19(3)4)28-18-12-21(6-2,9-15-24)10-16-25;1-2/h19,22-25H,5-18H2,1-4H3;1-2H3/q+2;. The maximum atomic E-state index is 13.2. The van der Waals surface area contributed by atoms with E-state index in [1.165, 1.54) is 0 Å². The molecule has 190 valence electrons. The van der Waals surface area contributed by atoms with Crippen LogP contribution in [0.2, 0.25) is 0 Å². The zero-order valence-electron chi connectivity index (χ0n) is 20.8. The molecule has 10 heteroatoms. The van der Waals surface area contributed by atoms with E-state index >= 15 is 0 Å². The first-order chi connectivity index (χ1) is 14.7. The van der Waals surface area contributed by atoms with E-state index in [2.05, 4.69) is 0 Å². The molecule has 0 radical (unpaired) electrons. The molecule has 0 aliphatic carbocycles. The molecular weight excluding hydrogens is 423 g/mol. The van der Waals surface area contributed by atoms with E-state index < -0.39 is 7.60 Å². The Balaban J connectivity index is 0. The fraction of sp³-hybridized carbons (Fsp3) is 1.00. The molecule has 31 heavy (non-hydrogen) atoms. The van der Waals surface area contributed by atoms with Crippen molar-refractivity contribution in [3.63, 3.8) is 0 Å². The summed E-state index contributed by atoms with van der Waals surface area (Å²) in [5.74, 6) is 0. The fourth-order valence-electron chi connectivity index (χ4n) is 3.53. The van der Waals surface area contributed by atoms with Crippen molar-refractivity contribution in [2.75, 3.05) is 92.0 Å².